The lowest BCUT2D eigenvalue weighted by molar-refractivity contribution is -0.111. The highest BCUT2D eigenvalue weighted by atomic mass is 32.1. The Morgan fingerprint density at radius 1 is 1.48 bits per heavy atom. The Morgan fingerprint density at radius 3 is 3.04 bits per heavy atom. The molecule has 2 amide bonds. The Labute approximate surface area is 165 Å². The van der Waals surface area contributed by atoms with Gasteiger partial charge in [-0.3, -0.25) is 4.79 Å². The molecule has 0 saturated carbocycles. The molecule has 1 atom stereocenters. The highest BCUT2D eigenvalue weighted by molar-refractivity contribution is 7.16. The molecule has 0 bridgehead atoms. The van der Waals surface area contributed by atoms with Crippen molar-refractivity contribution in [2.75, 3.05) is 11.9 Å². The smallest absolute Gasteiger partial charge is 0.407 e. The molecule has 2 aromatic rings. The molecule has 140 valence electrons. The van der Waals surface area contributed by atoms with Crippen LogP contribution < -0.4 is 10.6 Å². The van der Waals surface area contributed by atoms with E-state index in [0.717, 1.165) is 16.0 Å². The van der Waals surface area contributed by atoms with E-state index in [1.807, 2.05) is 23.8 Å². The molecule has 2 aromatic heterocycles. The van der Waals surface area contributed by atoms with Gasteiger partial charge in [0.1, 0.15) is 17.2 Å². The van der Waals surface area contributed by atoms with Crippen LogP contribution in [0, 0.1) is 11.3 Å². The van der Waals surface area contributed by atoms with Gasteiger partial charge < -0.3 is 15.4 Å². The van der Waals surface area contributed by atoms with Crippen molar-refractivity contribution in [2.45, 2.75) is 32.3 Å². The fourth-order valence-electron chi connectivity index (χ4n) is 2.90. The van der Waals surface area contributed by atoms with Crippen LogP contribution in [0.2, 0.25) is 0 Å². The van der Waals surface area contributed by atoms with Gasteiger partial charge in [0.25, 0.3) is 0 Å². The predicted molar refractivity (Wildman–Crippen MR) is 107 cm³/mol. The number of nitrogens with one attached hydrogen (secondary N) is 2. The number of hydrogen-bond donors (Lipinski definition) is 2. The summed E-state index contributed by atoms with van der Waals surface area (Å²) < 4.78 is 5.41. The van der Waals surface area contributed by atoms with E-state index in [9.17, 15) is 14.9 Å². The van der Waals surface area contributed by atoms with Crippen LogP contribution in [0.5, 0.6) is 0 Å². The van der Waals surface area contributed by atoms with E-state index in [1.54, 1.807) is 17.4 Å². The molecule has 2 N–H and O–H groups in total. The zero-order chi connectivity index (χ0) is 19.2. The molecule has 0 aromatic carbocycles. The van der Waals surface area contributed by atoms with Crippen molar-refractivity contribution in [3.8, 4) is 6.07 Å². The highest BCUT2D eigenvalue weighted by Crippen LogP contribution is 2.38. The molecule has 0 fully saturated rings. The molecule has 8 heteroatoms. The monoisotopic (exact) mass is 401 g/mol. The number of anilines is 1. The summed E-state index contributed by atoms with van der Waals surface area (Å²) in [7, 11) is 0. The van der Waals surface area contributed by atoms with Gasteiger partial charge in [0.05, 0.1) is 5.56 Å². The third kappa shape index (κ3) is 4.76. The van der Waals surface area contributed by atoms with Crippen LogP contribution in [-0.4, -0.2) is 24.6 Å². The summed E-state index contributed by atoms with van der Waals surface area (Å²) in [4.78, 5) is 24.8. The number of alkyl carbamates (subject to hydrolysis) is 1. The van der Waals surface area contributed by atoms with E-state index in [1.165, 1.54) is 17.4 Å². The fourth-order valence-corrected chi connectivity index (χ4v) is 4.79. The lowest BCUT2D eigenvalue weighted by Crippen LogP contribution is -2.31. The molecular formula is C19H19N3O3S2. The van der Waals surface area contributed by atoms with Crippen molar-refractivity contribution in [1.29, 1.82) is 5.26 Å². The second kappa shape index (κ2) is 8.84. The second-order valence-electron chi connectivity index (χ2n) is 6.00. The SMILES string of the molecule is CCNC(=O)OC1CCc2c(sc(NC(=O)/C=C/c3ccsc3)c2C#N)C1. The van der Waals surface area contributed by atoms with E-state index >= 15 is 0 Å². The minimum absolute atomic E-state index is 0.212. The standard InChI is InChI=1S/C19H19N3O3S2/c1-2-21-19(24)25-13-4-5-14-15(10-20)18(27-16(14)9-13)22-17(23)6-3-12-7-8-26-11-12/h3,6-8,11,13H,2,4-5,9H2,1H3,(H,21,24)(H,22,23)/b6-3+. The van der Waals surface area contributed by atoms with Crippen LogP contribution in [0.15, 0.2) is 22.9 Å². The molecule has 1 aliphatic rings. The first kappa shape index (κ1) is 19.1. The molecule has 0 aliphatic heterocycles. The molecule has 0 radical (unpaired) electrons. The number of ether oxygens (including phenoxy) is 1. The maximum absolute atomic E-state index is 12.2. The van der Waals surface area contributed by atoms with Crippen molar-refractivity contribution >= 4 is 45.8 Å². The Bertz CT molecular complexity index is 894. The Hall–Kier alpha value is -2.63. The lowest BCUT2D eigenvalue weighted by atomic mass is 9.94. The predicted octanol–water partition coefficient (Wildman–Crippen LogP) is 3.94. The average Bonchev–Trinajstić information content (AvgIpc) is 3.26. The van der Waals surface area contributed by atoms with Gasteiger partial charge in [-0.05, 0) is 53.8 Å². The van der Waals surface area contributed by atoms with E-state index < -0.39 is 6.09 Å². The average molecular weight is 402 g/mol. The van der Waals surface area contributed by atoms with E-state index in [-0.39, 0.29) is 12.0 Å². The van der Waals surface area contributed by atoms with Crippen molar-refractivity contribution in [2.24, 2.45) is 0 Å². The first-order chi connectivity index (χ1) is 13.1. The maximum Gasteiger partial charge on any atom is 0.407 e. The summed E-state index contributed by atoms with van der Waals surface area (Å²) in [5.41, 5.74) is 2.44. The van der Waals surface area contributed by atoms with Crippen LogP contribution in [-0.2, 0) is 22.4 Å². The molecular weight excluding hydrogens is 382 g/mol. The lowest BCUT2D eigenvalue weighted by Gasteiger charge is -2.22. The summed E-state index contributed by atoms with van der Waals surface area (Å²) in [5, 5.41) is 19.4. The molecule has 0 saturated heterocycles. The molecule has 2 heterocycles. The van der Waals surface area contributed by atoms with Crippen LogP contribution in [0.4, 0.5) is 9.80 Å². The van der Waals surface area contributed by atoms with Crippen LogP contribution in [0.3, 0.4) is 0 Å². The minimum Gasteiger partial charge on any atom is -0.446 e. The fraction of sp³-hybridized carbons (Fsp3) is 0.316. The topological polar surface area (TPSA) is 91.2 Å². The van der Waals surface area contributed by atoms with Crippen LogP contribution >= 0.6 is 22.7 Å². The van der Waals surface area contributed by atoms with Gasteiger partial charge in [0, 0.05) is 23.9 Å². The number of thiophene rings is 2. The molecule has 27 heavy (non-hydrogen) atoms. The normalized spacial score (nSPS) is 15.8. The Morgan fingerprint density at radius 2 is 2.33 bits per heavy atom. The first-order valence-corrected chi connectivity index (χ1v) is 10.4. The van der Waals surface area contributed by atoms with Crippen LogP contribution in [0.1, 0.15) is 34.9 Å². The first-order valence-electron chi connectivity index (χ1n) is 8.61. The van der Waals surface area contributed by atoms with E-state index in [2.05, 4.69) is 16.7 Å². The number of nitrogens with zero attached hydrogens (tertiary/aromatic N) is 1. The number of carbonyl (C=O) groups is 2. The highest BCUT2D eigenvalue weighted by Gasteiger charge is 2.28. The van der Waals surface area contributed by atoms with Gasteiger partial charge in [-0.15, -0.1) is 11.3 Å². The van der Waals surface area contributed by atoms with Gasteiger partial charge in [0.2, 0.25) is 5.91 Å². The van der Waals surface area contributed by atoms with Crippen molar-refractivity contribution < 1.29 is 14.3 Å². The summed E-state index contributed by atoms with van der Waals surface area (Å²) in [6.07, 6.45) is 4.45. The molecule has 1 aliphatic carbocycles. The van der Waals surface area contributed by atoms with Crippen molar-refractivity contribution in [3.63, 3.8) is 0 Å². The van der Waals surface area contributed by atoms with Gasteiger partial charge >= 0.3 is 6.09 Å². The van der Waals surface area contributed by atoms with Crippen molar-refractivity contribution in [1.82, 2.24) is 5.32 Å². The largest absolute Gasteiger partial charge is 0.446 e. The summed E-state index contributed by atoms with van der Waals surface area (Å²) in [6, 6.07) is 4.13. The molecule has 3 rings (SSSR count). The summed E-state index contributed by atoms with van der Waals surface area (Å²) in [6.45, 7) is 2.35. The third-order valence-electron chi connectivity index (χ3n) is 4.13. The zero-order valence-electron chi connectivity index (χ0n) is 14.8. The van der Waals surface area contributed by atoms with Gasteiger partial charge in [-0.1, -0.05) is 0 Å². The number of hydrogen-bond acceptors (Lipinski definition) is 6. The number of carbonyl (C=O) groups excluding carboxylic acids is 2. The molecule has 1 unspecified atom stereocenters. The summed E-state index contributed by atoms with van der Waals surface area (Å²) in [5.74, 6) is -0.272. The number of fused-ring (bicyclic) bond motifs is 1. The Kier molecular flexibility index (Phi) is 6.27. The van der Waals surface area contributed by atoms with Crippen LogP contribution in [0.25, 0.3) is 6.08 Å². The maximum atomic E-state index is 12.2. The number of nitriles is 1. The number of amides is 2. The van der Waals surface area contributed by atoms with Gasteiger partial charge in [-0.25, -0.2) is 4.79 Å². The van der Waals surface area contributed by atoms with Crippen molar-refractivity contribution in [3.05, 3.63) is 44.5 Å². The molecule has 6 nitrogen and oxygen atoms in total. The minimum atomic E-state index is -0.421. The van der Waals surface area contributed by atoms with E-state index in [0.29, 0.717) is 36.4 Å². The zero-order valence-corrected chi connectivity index (χ0v) is 16.4. The second-order valence-corrected chi connectivity index (χ2v) is 7.88. The van der Waals surface area contributed by atoms with Gasteiger partial charge in [-0.2, -0.15) is 16.6 Å². The van der Waals surface area contributed by atoms with E-state index in [4.69, 9.17) is 4.74 Å². The molecule has 0 spiro atoms. The Balaban J connectivity index is 1.69. The van der Waals surface area contributed by atoms with Gasteiger partial charge in [0.15, 0.2) is 0 Å². The number of rotatable bonds is 5. The third-order valence-corrected chi connectivity index (χ3v) is 6.01. The summed E-state index contributed by atoms with van der Waals surface area (Å²) >= 11 is 2.95. The quantitative estimate of drug-likeness (QED) is 0.743.